The van der Waals surface area contributed by atoms with Crippen LogP contribution in [0.5, 0.6) is 5.75 Å². The number of hydrogen-bond acceptors (Lipinski definition) is 3. The fraction of sp³-hybridized carbons (Fsp3) is 0.692. The number of hydrogen-bond donors (Lipinski definition) is 1. The molecule has 3 aliphatic rings. The third kappa shape index (κ3) is 3.89. The summed E-state index contributed by atoms with van der Waals surface area (Å²) in [4.78, 5) is 0. The lowest BCUT2D eigenvalue weighted by Gasteiger charge is -2.54. The summed E-state index contributed by atoms with van der Waals surface area (Å²) in [7, 11) is -3.43. The van der Waals surface area contributed by atoms with E-state index in [4.69, 9.17) is 21.0 Å². The SMILES string of the molecule is C#C[C@@]1(O[Si](C)(C)C)CC[C@H]2[C@@H]3CCc4cc(O[Si](C)(C)C)c(N)cc4[C@H]3CC[C@@]21C. The molecule has 2 saturated carbocycles. The summed E-state index contributed by atoms with van der Waals surface area (Å²) >= 11 is 0. The Kier molecular flexibility index (Phi) is 5.48. The van der Waals surface area contributed by atoms with Crippen LogP contribution in [0.15, 0.2) is 12.1 Å². The van der Waals surface area contributed by atoms with Crippen LogP contribution in [-0.2, 0) is 10.8 Å². The van der Waals surface area contributed by atoms with Crippen molar-refractivity contribution in [1.29, 1.82) is 0 Å². The predicted molar refractivity (Wildman–Crippen MR) is 135 cm³/mol. The van der Waals surface area contributed by atoms with Gasteiger partial charge in [-0.2, -0.15) is 0 Å². The van der Waals surface area contributed by atoms with Crippen LogP contribution >= 0.6 is 0 Å². The van der Waals surface area contributed by atoms with Gasteiger partial charge in [-0.25, -0.2) is 0 Å². The van der Waals surface area contributed by atoms with Gasteiger partial charge in [0.25, 0.3) is 0 Å². The molecule has 3 nitrogen and oxygen atoms in total. The van der Waals surface area contributed by atoms with Crippen molar-refractivity contribution in [2.75, 3.05) is 5.73 Å². The molecular formula is C26H41NO2Si2. The molecule has 5 atom stereocenters. The van der Waals surface area contributed by atoms with E-state index in [0.717, 1.165) is 30.7 Å². The molecule has 0 aromatic heterocycles. The van der Waals surface area contributed by atoms with Crippen molar-refractivity contribution in [3.05, 3.63) is 23.3 Å². The number of aryl methyl sites for hydroxylation is 1. The van der Waals surface area contributed by atoms with Gasteiger partial charge in [-0.3, -0.25) is 0 Å². The van der Waals surface area contributed by atoms with E-state index in [0.29, 0.717) is 17.8 Å². The summed E-state index contributed by atoms with van der Waals surface area (Å²) in [6, 6.07) is 4.49. The lowest BCUT2D eigenvalue weighted by molar-refractivity contribution is -0.0537. The maximum atomic E-state index is 6.81. The van der Waals surface area contributed by atoms with Crippen molar-refractivity contribution in [1.82, 2.24) is 0 Å². The Hall–Kier alpha value is -1.23. The van der Waals surface area contributed by atoms with E-state index in [2.05, 4.69) is 64.3 Å². The minimum Gasteiger partial charge on any atom is -0.543 e. The highest BCUT2D eigenvalue weighted by molar-refractivity contribution is 6.70. The van der Waals surface area contributed by atoms with Crippen LogP contribution < -0.4 is 10.2 Å². The smallest absolute Gasteiger partial charge is 0.242 e. The van der Waals surface area contributed by atoms with E-state index >= 15 is 0 Å². The second-order valence-corrected chi connectivity index (χ2v) is 21.3. The van der Waals surface area contributed by atoms with Gasteiger partial charge in [-0.05, 0) is 119 Å². The van der Waals surface area contributed by atoms with Crippen LogP contribution in [0.2, 0.25) is 39.3 Å². The van der Waals surface area contributed by atoms with Crippen LogP contribution in [0.1, 0.15) is 56.1 Å². The van der Waals surface area contributed by atoms with Crippen LogP contribution in [-0.4, -0.2) is 22.2 Å². The van der Waals surface area contributed by atoms with E-state index < -0.39 is 16.6 Å². The lowest BCUT2D eigenvalue weighted by Crippen LogP contribution is -2.54. The second kappa shape index (κ2) is 7.40. The highest BCUT2D eigenvalue weighted by atomic mass is 28.4. The van der Waals surface area contributed by atoms with E-state index in [1.165, 1.54) is 30.4 Å². The molecule has 1 aromatic carbocycles. The Morgan fingerprint density at radius 3 is 2.35 bits per heavy atom. The molecule has 0 radical (unpaired) electrons. The average Bonchev–Trinajstić information content (AvgIpc) is 2.92. The fourth-order valence-electron chi connectivity index (χ4n) is 6.99. The van der Waals surface area contributed by atoms with Gasteiger partial charge in [-0.15, -0.1) is 6.42 Å². The average molecular weight is 456 g/mol. The quantitative estimate of drug-likeness (QED) is 0.317. The Balaban J connectivity index is 1.65. The molecule has 2 fully saturated rings. The van der Waals surface area contributed by atoms with Crippen molar-refractivity contribution in [3.63, 3.8) is 0 Å². The summed E-state index contributed by atoms with van der Waals surface area (Å²) in [5.74, 6) is 6.00. The molecule has 1 aromatic rings. The minimum absolute atomic E-state index is 0.0765. The molecule has 0 spiro atoms. The molecule has 0 bridgehead atoms. The van der Waals surface area contributed by atoms with Crippen molar-refractivity contribution in [2.45, 2.75) is 96.2 Å². The van der Waals surface area contributed by atoms with Crippen LogP contribution in [0.3, 0.4) is 0 Å². The fourth-order valence-corrected chi connectivity index (χ4v) is 9.27. The first kappa shape index (κ1) is 22.9. The Morgan fingerprint density at radius 2 is 1.74 bits per heavy atom. The van der Waals surface area contributed by atoms with Gasteiger partial charge >= 0.3 is 0 Å². The summed E-state index contributed by atoms with van der Waals surface area (Å²) < 4.78 is 13.1. The monoisotopic (exact) mass is 455 g/mol. The topological polar surface area (TPSA) is 44.5 Å². The molecule has 0 heterocycles. The molecule has 170 valence electrons. The molecule has 2 N–H and O–H groups in total. The van der Waals surface area contributed by atoms with Crippen molar-refractivity contribution < 1.29 is 8.85 Å². The molecule has 3 aliphatic carbocycles. The molecular weight excluding hydrogens is 414 g/mol. The summed E-state index contributed by atoms with van der Waals surface area (Å²) in [5, 5.41) is 0. The number of anilines is 1. The number of terminal acetylenes is 1. The van der Waals surface area contributed by atoms with Crippen LogP contribution in [0.4, 0.5) is 5.69 Å². The standard InChI is InChI=1S/C26H41NO2Si2/c1-9-26(29-31(6,7)8)15-13-22-20-11-10-18-16-24(28-30(3,4)5)23(27)17-21(18)19(20)12-14-25(22,26)2/h1,16-17,19-20,22H,10-15,27H2,2-8H3/t19-,20+,22-,25-,26+/m0/s1. The van der Waals surface area contributed by atoms with Crippen LogP contribution in [0.25, 0.3) is 0 Å². The van der Waals surface area contributed by atoms with Gasteiger partial charge in [0, 0.05) is 5.41 Å². The molecule has 0 aliphatic heterocycles. The molecule has 0 amide bonds. The Labute approximate surface area is 191 Å². The van der Waals surface area contributed by atoms with Gasteiger partial charge in [0.2, 0.25) is 8.32 Å². The third-order valence-corrected chi connectivity index (χ3v) is 9.90. The van der Waals surface area contributed by atoms with Crippen LogP contribution in [0, 0.1) is 29.6 Å². The van der Waals surface area contributed by atoms with Crippen molar-refractivity contribution in [2.24, 2.45) is 17.3 Å². The first-order chi connectivity index (χ1) is 14.3. The largest absolute Gasteiger partial charge is 0.543 e. The van der Waals surface area contributed by atoms with E-state index in [1.54, 1.807) is 0 Å². The van der Waals surface area contributed by atoms with Gasteiger partial charge in [0.1, 0.15) is 11.4 Å². The number of benzene rings is 1. The van der Waals surface area contributed by atoms with Gasteiger partial charge in [0.15, 0.2) is 8.32 Å². The van der Waals surface area contributed by atoms with Gasteiger partial charge in [0.05, 0.1) is 5.69 Å². The zero-order chi connectivity index (χ0) is 22.8. The first-order valence-electron chi connectivity index (χ1n) is 12.1. The maximum absolute atomic E-state index is 6.81. The third-order valence-electron chi connectivity index (χ3n) is 8.10. The molecule has 0 saturated heterocycles. The van der Waals surface area contributed by atoms with E-state index in [9.17, 15) is 0 Å². The number of nitrogens with two attached hydrogens (primary N) is 1. The van der Waals surface area contributed by atoms with E-state index in [-0.39, 0.29) is 11.0 Å². The highest BCUT2D eigenvalue weighted by Gasteiger charge is 2.63. The zero-order valence-electron chi connectivity index (χ0n) is 20.6. The van der Waals surface area contributed by atoms with Crippen molar-refractivity contribution >= 4 is 22.3 Å². The normalized spacial score (nSPS) is 35.0. The maximum Gasteiger partial charge on any atom is 0.242 e. The molecule has 4 rings (SSSR count). The minimum atomic E-state index is -1.74. The summed E-state index contributed by atoms with van der Waals surface area (Å²) in [6.45, 7) is 15.9. The number of fused-ring (bicyclic) bond motifs is 5. The first-order valence-corrected chi connectivity index (χ1v) is 18.9. The number of rotatable bonds is 4. The zero-order valence-corrected chi connectivity index (χ0v) is 22.6. The predicted octanol–water partition coefficient (Wildman–Crippen LogP) is 6.56. The van der Waals surface area contributed by atoms with Gasteiger partial charge in [-0.1, -0.05) is 12.8 Å². The lowest BCUT2D eigenvalue weighted by atomic mass is 9.53. The molecule has 31 heavy (non-hydrogen) atoms. The second-order valence-electron chi connectivity index (χ2n) is 12.4. The summed E-state index contributed by atoms with van der Waals surface area (Å²) in [5.41, 5.74) is 9.92. The summed E-state index contributed by atoms with van der Waals surface area (Å²) in [6.07, 6.45) is 13.1. The van der Waals surface area contributed by atoms with E-state index in [1.807, 2.05) is 0 Å². The number of nitrogen functional groups attached to an aromatic ring is 1. The van der Waals surface area contributed by atoms with Gasteiger partial charge < -0.3 is 14.6 Å². The molecule has 0 unspecified atom stereocenters. The molecule has 5 heteroatoms. The van der Waals surface area contributed by atoms with Crippen molar-refractivity contribution in [3.8, 4) is 18.1 Å². The Morgan fingerprint density at radius 1 is 1.03 bits per heavy atom. The Bertz CT molecular complexity index is 910. The highest BCUT2D eigenvalue weighted by Crippen LogP contribution is 2.65.